The summed E-state index contributed by atoms with van der Waals surface area (Å²) >= 11 is 6.22. The smallest absolute Gasteiger partial charge is 0.264 e. The standard InChI is InChI=1S/C30H24ClNO3/c31-25-15-16-27-26(19-25)30(35,29(34)32(27)18-17-21-7-3-1-4-8-21)20-28(33)24-13-11-23(12-14-24)22-9-5-2-6-10-22/h1-16,19,35H,17-18,20H2/t30-/m0/s1. The van der Waals surface area contributed by atoms with Gasteiger partial charge in [-0.25, -0.2) is 0 Å². The monoisotopic (exact) mass is 481 g/mol. The Kier molecular flexibility index (Phi) is 6.25. The van der Waals surface area contributed by atoms with Gasteiger partial charge in [-0.05, 0) is 41.3 Å². The van der Waals surface area contributed by atoms with E-state index < -0.39 is 11.5 Å². The van der Waals surface area contributed by atoms with Gasteiger partial charge in [-0.1, -0.05) is 96.5 Å². The zero-order chi connectivity index (χ0) is 24.4. The van der Waals surface area contributed by atoms with Crippen molar-refractivity contribution in [2.24, 2.45) is 0 Å². The van der Waals surface area contributed by atoms with Crippen LogP contribution in [-0.2, 0) is 16.8 Å². The van der Waals surface area contributed by atoms with Gasteiger partial charge in [0, 0.05) is 22.7 Å². The van der Waals surface area contributed by atoms with E-state index in [0.29, 0.717) is 34.8 Å². The first-order valence-corrected chi connectivity index (χ1v) is 11.9. The summed E-state index contributed by atoms with van der Waals surface area (Å²) in [6.45, 7) is 0.389. The van der Waals surface area contributed by atoms with Crippen LogP contribution in [0.25, 0.3) is 11.1 Å². The van der Waals surface area contributed by atoms with Crippen LogP contribution >= 0.6 is 11.6 Å². The molecular weight excluding hydrogens is 458 g/mol. The molecule has 1 aliphatic heterocycles. The quantitative estimate of drug-likeness (QED) is 0.326. The van der Waals surface area contributed by atoms with Crippen LogP contribution in [0, 0.1) is 0 Å². The minimum atomic E-state index is -1.97. The summed E-state index contributed by atoms with van der Waals surface area (Å²) in [5, 5.41) is 12.0. The van der Waals surface area contributed by atoms with Crippen LogP contribution in [0.2, 0.25) is 5.02 Å². The molecule has 0 saturated heterocycles. The molecule has 4 nitrogen and oxygen atoms in total. The van der Waals surface area contributed by atoms with Crippen molar-refractivity contribution in [1.29, 1.82) is 0 Å². The van der Waals surface area contributed by atoms with Gasteiger partial charge < -0.3 is 10.0 Å². The number of carbonyl (C=O) groups excluding carboxylic acids is 2. The lowest BCUT2D eigenvalue weighted by Gasteiger charge is -2.23. The summed E-state index contributed by atoms with van der Waals surface area (Å²) < 4.78 is 0. The van der Waals surface area contributed by atoms with Crippen LogP contribution in [0.5, 0.6) is 0 Å². The molecule has 35 heavy (non-hydrogen) atoms. The Morgan fingerprint density at radius 1 is 0.829 bits per heavy atom. The molecule has 0 spiro atoms. The lowest BCUT2D eigenvalue weighted by molar-refractivity contribution is -0.135. The van der Waals surface area contributed by atoms with Crippen molar-refractivity contribution >= 4 is 29.0 Å². The van der Waals surface area contributed by atoms with E-state index in [1.807, 2.05) is 72.8 Å². The highest BCUT2D eigenvalue weighted by Gasteiger charge is 2.50. The number of amides is 1. The van der Waals surface area contributed by atoms with Crippen molar-refractivity contribution < 1.29 is 14.7 Å². The zero-order valence-corrected chi connectivity index (χ0v) is 19.8. The molecular formula is C30H24ClNO3. The number of hydrogen-bond donors (Lipinski definition) is 1. The second-order valence-electron chi connectivity index (χ2n) is 8.76. The van der Waals surface area contributed by atoms with Crippen LogP contribution in [0.3, 0.4) is 0 Å². The maximum atomic E-state index is 13.5. The number of anilines is 1. The van der Waals surface area contributed by atoms with Crippen LogP contribution < -0.4 is 4.90 Å². The van der Waals surface area contributed by atoms with E-state index in [-0.39, 0.29) is 12.2 Å². The van der Waals surface area contributed by atoms with Crippen LogP contribution in [0.4, 0.5) is 5.69 Å². The van der Waals surface area contributed by atoms with Crippen molar-refractivity contribution in [3.05, 3.63) is 125 Å². The van der Waals surface area contributed by atoms with Gasteiger partial charge in [0.2, 0.25) is 0 Å². The third-order valence-corrected chi connectivity index (χ3v) is 6.73. The molecule has 0 saturated carbocycles. The first-order chi connectivity index (χ1) is 17.0. The lowest BCUT2D eigenvalue weighted by atomic mass is 9.88. The maximum absolute atomic E-state index is 13.5. The molecule has 1 atom stereocenters. The molecule has 1 aliphatic rings. The number of ketones is 1. The Bertz CT molecular complexity index is 1370. The molecule has 5 heteroatoms. The van der Waals surface area contributed by atoms with Gasteiger partial charge >= 0.3 is 0 Å². The topological polar surface area (TPSA) is 57.6 Å². The molecule has 4 aromatic rings. The van der Waals surface area contributed by atoms with E-state index in [1.54, 1.807) is 35.2 Å². The highest BCUT2D eigenvalue weighted by atomic mass is 35.5. The minimum Gasteiger partial charge on any atom is -0.375 e. The molecule has 0 fully saturated rings. The molecule has 0 aromatic heterocycles. The van der Waals surface area contributed by atoms with E-state index in [4.69, 9.17) is 11.6 Å². The second-order valence-corrected chi connectivity index (χ2v) is 9.19. The molecule has 1 N–H and O–H groups in total. The van der Waals surface area contributed by atoms with E-state index in [1.165, 1.54) is 0 Å². The average Bonchev–Trinajstić information content (AvgIpc) is 3.09. The SMILES string of the molecule is O=C(C[C@@]1(O)C(=O)N(CCc2ccccc2)c2ccc(Cl)cc21)c1ccc(-c2ccccc2)cc1. The molecule has 1 amide bonds. The molecule has 4 aromatic carbocycles. The largest absolute Gasteiger partial charge is 0.375 e. The zero-order valence-electron chi connectivity index (χ0n) is 19.0. The number of Topliss-reactive ketones (excluding diaryl/α,β-unsaturated/α-hetero) is 1. The van der Waals surface area contributed by atoms with Gasteiger partial charge in [0.25, 0.3) is 5.91 Å². The summed E-state index contributed by atoms with van der Waals surface area (Å²) in [4.78, 5) is 28.3. The third kappa shape index (κ3) is 4.51. The number of aliphatic hydroxyl groups is 1. The summed E-state index contributed by atoms with van der Waals surface area (Å²) in [7, 11) is 0. The Morgan fingerprint density at radius 3 is 2.14 bits per heavy atom. The fourth-order valence-corrected chi connectivity index (χ4v) is 4.79. The van der Waals surface area contributed by atoms with Gasteiger partial charge in [-0.15, -0.1) is 0 Å². The number of halogens is 1. The molecule has 0 bridgehead atoms. The van der Waals surface area contributed by atoms with Crippen LogP contribution in [0.15, 0.2) is 103 Å². The van der Waals surface area contributed by atoms with Gasteiger partial charge in [0.1, 0.15) is 0 Å². The molecule has 5 rings (SSSR count). The van der Waals surface area contributed by atoms with Gasteiger partial charge in [0.05, 0.1) is 12.1 Å². The van der Waals surface area contributed by atoms with Crippen molar-refractivity contribution in [3.63, 3.8) is 0 Å². The van der Waals surface area contributed by atoms with Crippen molar-refractivity contribution in [1.82, 2.24) is 0 Å². The number of nitrogens with zero attached hydrogens (tertiary/aromatic N) is 1. The van der Waals surface area contributed by atoms with Crippen molar-refractivity contribution in [2.45, 2.75) is 18.4 Å². The summed E-state index contributed by atoms with van der Waals surface area (Å²) in [6.07, 6.45) is 0.269. The summed E-state index contributed by atoms with van der Waals surface area (Å²) in [6, 6.07) is 32.0. The fourth-order valence-electron chi connectivity index (χ4n) is 4.61. The highest BCUT2D eigenvalue weighted by molar-refractivity contribution is 6.31. The van der Waals surface area contributed by atoms with Gasteiger partial charge in [-0.3, -0.25) is 9.59 Å². The number of fused-ring (bicyclic) bond motifs is 1. The van der Waals surface area contributed by atoms with E-state index in [2.05, 4.69) is 0 Å². The predicted molar refractivity (Wildman–Crippen MR) is 139 cm³/mol. The third-order valence-electron chi connectivity index (χ3n) is 6.49. The first-order valence-electron chi connectivity index (χ1n) is 11.5. The highest BCUT2D eigenvalue weighted by Crippen LogP contribution is 2.44. The number of hydrogen-bond acceptors (Lipinski definition) is 3. The molecule has 0 aliphatic carbocycles. The maximum Gasteiger partial charge on any atom is 0.264 e. The molecule has 0 unspecified atom stereocenters. The van der Waals surface area contributed by atoms with E-state index in [0.717, 1.165) is 16.7 Å². The normalized spacial score (nSPS) is 16.9. The van der Waals surface area contributed by atoms with Crippen molar-refractivity contribution in [2.75, 3.05) is 11.4 Å². The number of rotatable bonds is 7. The predicted octanol–water partition coefficient (Wildman–Crippen LogP) is 6.06. The minimum absolute atomic E-state index is 0.309. The Balaban J connectivity index is 1.40. The van der Waals surface area contributed by atoms with Crippen LogP contribution in [-0.4, -0.2) is 23.3 Å². The number of carbonyl (C=O) groups is 2. The van der Waals surface area contributed by atoms with E-state index >= 15 is 0 Å². The Labute approximate surface area is 209 Å². The van der Waals surface area contributed by atoms with Crippen LogP contribution in [0.1, 0.15) is 27.9 Å². The van der Waals surface area contributed by atoms with Crippen molar-refractivity contribution in [3.8, 4) is 11.1 Å². The lowest BCUT2D eigenvalue weighted by Crippen LogP contribution is -2.42. The fraction of sp³-hybridized carbons (Fsp3) is 0.133. The molecule has 174 valence electrons. The van der Waals surface area contributed by atoms with Gasteiger partial charge in [-0.2, -0.15) is 0 Å². The second kappa shape index (κ2) is 9.49. The Morgan fingerprint density at radius 2 is 1.46 bits per heavy atom. The Hall–Kier alpha value is -3.73. The number of benzene rings is 4. The molecule has 0 radical (unpaired) electrons. The van der Waals surface area contributed by atoms with Gasteiger partial charge in [0.15, 0.2) is 11.4 Å². The summed E-state index contributed by atoms with van der Waals surface area (Å²) in [5.74, 6) is -0.809. The summed E-state index contributed by atoms with van der Waals surface area (Å²) in [5.41, 5.74) is 2.56. The average molecular weight is 482 g/mol. The molecule has 1 heterocycles. The first kappa shape index (κ1) is 23.0. The van der Waals surface area contributed by atoms with E-state index in [9.17, 15) is 14.7 Å².